The van der Waals surface area contributed by atoms with Crippen molar-refractivity contribution in [2.24, 2.45) is 0 Å². The van der Waals surface area contributed by atoms with E-state index < -0.39 is 0 Å². The number of hydrogen-bond donors (Lipinski definition) is 0. The molecular weight excluding hydrogens is 567 g/mol. The molecule has 0 saturated heterocycles. The van der Waals surface area contributed by atoms with Crippen LogP contribution in [0.1, 0.15) is 30.5 Å². The van der Waals surface area contributed by atoms with Gasteiger partial charge in [-0.1, -0.05) is 123 Å². The Bertz CT molecular complexity index is 2410. The predicted molar refractivity (Wildman–Crippen MR) is 200 cm³/mol. The third kappa shape index (κ3) is 3.63. The lowest BCUT2D eigenvalue weighted by molar-refractivity contribution is 0.632. The predicted octanol–water partition coefficient (Wildman–Crippen LogP) is 10.2. The van der Waals surface area contributed by atoms with Crippen molar-refractivity contribution < 1.29 is 0 Å². The third-order valence-electron chi connectivity index (χ3n) is 10.8. The van der Waals surface area contributed by atoms with Crippen LogP contribution in [-0.4, -0.2) is 6.85 Å². The number of benzene rings is 7. The molecule has 0 spiro atoms. The summed E-state index contributed by atoms with van der Waals surface area (Å²) in [6.45, 7) is 7.04. The van der Waals surface area contributed by atoms with Crippen LogP contribution in [0.15, 0.2) is 146 Å². The second-order valence-corrected chi connectivity index (χ2v) is 13.9. The van der Waals surface area contributed by atoms with Gasteiger partial charge in [-0.3, -0.25) is 0 Å². The van der Waals surface area contributed by atoms with Gasteiger partial charge in [0.25, 0.3) is 0 Å². The molecule has 0 atom stereocenters. The summed E-state index contributed by atoms with van der Waals surface area (Å²) < 4.78 is 0. The molecule has 0 amide bonds. The molecule has 3 heterocycles. The SMILES string of the molecule is Cc1cc2c3c(c1)N1c4ccccc4C(C)(C)c4cccc(c41)B3N(c1ccc(-c3ccccc3)cc1)c1cc3ccccc3cc1-2. The Morgan fingerprint density at radius 2 is 1.21 bits per heavy atom. The highest BCUT2D eigenvalue weighted by Gasteiger charge is 2.49. The summed E-state index contributed by atoms with van der Waals surface area (Å²) >= 11 is 0. The molecule has 3 heteroatoms. The summed E-state index contributed by atoms with van der Waals surface area (Å²) in [7, 11) is 0. The number of anilines is 5. The minimum Gasteiger partial charge on any atom is -0.376 e. The van der Waals surface area contributed by atoms with Crippen molar-refractivity contribution >= 4 is 57.0 Å². The van der Waals surface area contributed by atoms with Gasteiger partial charge in [-0.05, 0) is 98.4 Å². The van der Waals surface area contributed by atoms with E-state index in [-0.39, 0.29) is 12.3 Å². The van der Waals surface area contributed by atoms with Crippen LogP contribution in [0.3, 0.4) is 0 Å². The fourth-order valence-electron chi connectivity index (χ4n) is 8.66. The normalized spacial score (nSPS) is 14.7. The van der Waals surface area contributed by atoms with E-state index in [2.05, 4.69) is 176 Å². The van der Waals surface area contributed by atoms with Crippen molar-refractivity contribution in [3.8, 4) is 22.3 Å². The van der Waals surface area contributed by atoms with E-state index in [1.54, 1.807) is 0 Å². The molecular formula is C44H33BN2. The highest BCUT2D eigenvalue weighted by atomic mass is 15.2. The van der Waals surface area contributed by atoms with Crippen LogP contribution < -0.4 is 20.6 Å². The molecule has 7 aromatic rings. The maximum absolute atomic E-state index is 2.62. The molecule has 10 rings (SSSR count). The molecule has 0 N–H and O–H groups in total. The van der Waals surface area contributed by atoms with E-state index in [1.165, 1.54) is 89.1 Å². The van der Waals surface area contributed by atoms with Gasteiger partial charge < -0.3 is 9.71 Å². The van der Waals surface area contributed by atoms with Gasteiger partial charge in [0.15, 0.2) is 0 Å². The fraction of sp³-hybridized carbons (Fsp3) is 0.0909. The topological polar surface area (TPSA) is 6.48 Å². The second-order valence-electron chi connectivity index (χ2n) is 13.9. The molecule has 47 heavy (non-hydrogen) atoms. The van der Waals surface area contributed by atoms with Crippen LogP contribution in [0.4, 0.5) is 28.4 Å². The zero-order valence-electron chi connectivity index (χ0n) is 26.8. The maximum Gasteiger partial charge on any atom is 0.333 e. The number of rotatable bonds is 2. The van der Waals surface area contributed by atoms with Crippen molar-refractivity contribution in [3.05, 3.63) is 162 Å². The first-order valence-electron chi connectivity index (χ1n) is 16.6. The molecule has 0 radical (unpaired) electrons. The van der Waals surface area contributed by atoms with Crippen LogP contribution in [0.2, 0.25) is 0 Å². The molecule has 0 fully saturated rings. The van der Waals surface area contributed by atoms with Gasteiger partial charge in [0.1, 0.15) is 0 Å². The Morgan fingerprint density at radius 1 is 0.532 bits per heavy atom. The smallest absolute Gasteiger partial charge is 0.333 e. The number of aryl methyl sites for hydroxylation is 1. The minimum absolute atomic E-state index is 0.0177. The van der Waals surface area contributed by atoms with E-state index in [1.807, 2.05) is 0 Å². The van der Waals surface area contributed by atoms with Gasteiger partial charge in [0.2, 0.25) is 0 Å². The lowest BCUT2D eigenvalue weighted by Crippen LogP contribution is -2.62. The Kier molecular flexibility index (Phi) is 5.39. The third-order valence-corrected chi connectivity index (χ3v) is 10.8. The van der Waals surface area contributed by atoms with Crippen LogP contribution >= 0.6 is 0 Å². The Hall–Kier alpha value is -5.54. The molecule has 0 bridgehead atoms. The van der Waals surface area contributed by atoms with Crippen LogP contribution in [0.5, 0.6) is 0 Å². The summed E-state index contributed by atoms with van der Waals surface area (Å²) in [5.41, 5.74) is 18.1. The van der Waals surface area contributed by atoms with Crippen LogP contribution in [0.25, 0.3) is 33.0 Å². The highest BCUT2D eigenvalue weighted by molar-refractivity contribution is 6.93. The van der Waals surface area contributed by atoms with Crippen molar-refractivity contribution in [1.82, 2.24) is 0 Å². The van der Waals surface area contributed by atoms with Gasteiger partial charge in [-0.25, -0.2) is 0 Å². The molecule has 0 aromatic heterocycles. The van der Waals surface area contributed by atoms with Gasteiger partial charge in [0.05, 0.1) is 5.69 Å². The van der Waals surface area contributed by atoms with E-state index in [9.17, 15) is 0 Å². The van der Waals surface area contributed by atoms with Crippen molar-refractivity contribution in [2.45, 2.75) is 26.2 Å². The van der Waals surface area contributed by atoms with Crippen molar-refractivity contribution in [1.29, 1.82) is 0 Å². The molecule has 3 aliphatic heterocycles. The standard InChI is InChI=1S/C44H33BN2/c1-28-24-35-34-26-31-14-7-8-15-32(31)27-40(34)47(33-22-20-30(21-23-33)29-12-5-4-6-13-29)45-38-18-11-17-37-43(38)46(41(25-28)42(35)45)39-19-10-9-16-36(39)44(37,2)3/h4-27H,1-3H3. The molecule has 222 valence electrons. The molecule has 0 saturated carbocycles. The summed E-state index contributed by atoms with van der Waals surface area (Å²) in [5, 5.41) is 2.53. The van der Waals surface area contributed by atoms with Crippen LogP contribution in [0, 0.1) is 6.92 Å². The minimum atomic E-state index is -0.131. The molecule has 3 aliphatic rings. The van der Waals surface area contributed by atoms with E-state index in [4.69, 9.17) is 0 Å². The first-order chi connectivity index (χ1) is 23.0. The first kappa shape index (κ1) is 26.7. The Labute approximate surface area is 276 Å². The lowest BCUT2D eigenvalue weighted by atomic mass is 9.42. The van der Waals surface area contributed by atoms with Gasteiger partial charge in [-0.2, -0.15) is 0 Å². The van der Waals surface area contributed by atoms with E-state index >= 15 is 0 Å². The summed E-state index contributed by atoms with van der Waals surface area (Å²) in [6, 6.07) is 54.4. The maximum atomic E-state index is 2.62. The average molecular weight is 601 g/mol. The lowest BCUT2D eigenvalue weighted by Gasteiger charge is -2.50. The van der Waals surface area contributed by atoms with Gasteiger partial charge in [-0.15, -0.1) is 0 Å². The zero-order valence-corrected chi connectivity index (χ0v) is 26.8. The van der Waals surface area contributed by atoms with Gasteiger partial charge in [0, 0.05) is 33.7 Å². The van der Waals surface area contributed by atoms with Crippen molar-refractivity contribution in [3.63, 3.8) is 0 Å². The number of hydrogen-bond acceptors (Lipinski definition) is 2. The quantitative estimate of drug-likeness (QED) is 0.182. The molecule has 2 nitrogen and oxygen atoms in total. The first-order valence-corrected chi connectivity index (χ1v) is 16.6. The zero-order chi connectivity index (χ0) is 31.4. The number of nitrogens with zero attached hydrogens (tertiary/aromatic N) is 2. The summed E-state index contributed by atoms with van der Waals surface area (Å²) in [5.74, 6) is 0. The number of fused-ring (bicyclic) bond motifs is 7. The second kappa shape index (κ2) is 9.50. The molecule has 0 unspecified atom stereocenters. The Balaban J connectivity index is 1.31. The highest BCUT2D eigenvalue weighted by Crippen LogP contribution is 2.54. The average Bonchev–Trinajstić information content (AvgIpc) is 3.11. The van der Waals surface area contributed by atoms with E-state index in [0.717, 1.165) is 0 Å². The molecule has 0 aliphatic carbocycles. The monoisotopic (exact) mass is 600 g/mol. The fourth-order valence-corrected chi connectivity index (χ4v) is 8.66. The Morgan fingerprint density at radius 3 is 2.02 bits per heavy atom. The van der Waals surface area contributed by atoms with E-state index in [0.29, 0.717) is 0 Å². The summed E-state index contributed by atoms with van der Waals surface area (Å²) in [6.07, 6.45) is 0. The summed E-state index contributed by atoms with van der Waals surface area (Å²) in [4.78, 5) is 5.20. The largest absolute Gasteiger partial charge is 0.376 e. The number of para-hydroxylation sites is 2. The molecule has 7 aromatic carbocycles. The van der Waals surface area contributed by atoms with Gasteiger partial charge >= 0.3 is 6.85 Å². The van der Waals surface area contributed by atoms with Crippen LogP contribution in [-0.2, 0) is 5.41 Å². The van der Waals surface area contributed by atoms with Crippen molar-refractivity contribution in [2.75, 3.05) is 9.71 Å².